The van der Waals surface area contributed by atoms with Crippen molar-refractivity contribution < 1.29 is 13.2 Å². The van der Waals surface area contributed by atoms with E-state index >= 15 is 0 Å². The maximum atomic E-state index is 12.8. The van der Waals surface area contributed by atoms with Crippen LogP contribution in [0.5, 0.6) is 0 Å². The fourth-order valence-electron chi connectivity index (χ4n) is 2.27. The molecule has 1 aliphatic rings. The molecule has 2 rings (SSSR count). The van der Waals surface area contributed by atoms with Gasteiger partial charge in [0.05, 0.1) is 5.92 Å². The first-order valence-corrected chi connectivity index (χ1v) is 6.43. The van der Waals surface area contributed by atoms with Crippen LogP contribution in [0.2, 0.25) is 0 Å². The third-order valence-corrected chi connectivity index (χ3v) is 3.48. The molecule has 2 N–H and O–H groups in total. The lowest BCUT2D eigenvalue weighted by Crippen LogP contribution is -2.34. The molecule has 7 heteroatoms. The zero-order valence-corrected chi connectivity index (χ0v) is 11.2. The number of aryl methyl sites for hydroxylation is 2. The van der Waals surface area contributed by atoms with Crippen molar-refractivity contribution in [2.45, 2.75) is 57.8 Å². The third kappa shape index (κ3) is 3.46. The van der Waals surface area contributed by atoms with Crippen LogP contribution in [0.25, 0.3) is 0 Å². The number of rotatable bonds is 3. The molecule has 2 heterocycles. The fourth-order valence-corrected chi connectivity index (χ4v) is 2.27. The van der Waals surface area contributed by atoms with Gasteiger partial charge in [-0.05, 0) is 26.7 Å². The third-order valence-electron chi connectivity index (χ3n) is 3.48. The zero-order valence-electron chi connectivity index (χ0n) is 11.2. The van der Waals surface area contributed by atoms with E-state index in [0.717, 1.165) is 0 Å². The lowest BCUT2D eigenvalue weighted by molar-refractivity contribution is -0.182. The highest BCUT2D eigenvalue weighted by Gasteiger charge is 2.42. The monoisotopic (exact) mass is 276 g/mol. The summed E-state index contributed by atoms with van der Waals surface area (Å²) >= 11 is 0. The number of nitrogens with zero attached hydrogens (tertiary/aromatic N) is 3. The summed E-state index contributed by atoms with van der Waals surface area (Å²) < 4.78 is 39.9. The summed E-state index contributed by atoms with van der Waals surface area (Å²) in [6, 6.07) is 0. The van der Waals surface area contributed by atoms with Crippen LogP contribution in [0.15, 0.2) is 0 Å². The van der Waals surface area contributed by atoms with Gasteiger partial charge in [0.25, 0.3) is 0 Å². The fraction of sp³-hybridized carbons (Fsp3) is 0.833. The van der Waals surface area contributed by atoms with Crippen molar-refractivity contribution in [1.82, 2.24) is 14.8 Å². The summed E-state index contributed by atoms with van der Waals surface area (Å²) in [4.78, 5) is 0. The van der Waals surface area contributed by atoms with Gasteiger partial charge >= 0.3 is 6.18 Å². The number of halogens is 3. The number of hydrogen-bond acceptors (Lipinski definition) is 3. The van der Waals surface area contributed by atoms with Crippen molar-refractivity contribution in [3.05, 3.63) is 11.6 Å². The molecule has 1 atom stereocenters. The largest absolute Gasteiger partial charge is 0.393 e. The molecular weight excluding hydrogens is 257 g/mol. The Hall–Kier alpha value is -1.11. The highest BCUT2D eigenvalue weighted by atomic mass is 19.4. The van der Waals surface area contributed by atoms with Crippen LogP contribution in [0.3, 0.4) is 0 Å². The van der Waals surface area contributed by atoms with Gasteiger partial charge in [-0.25, -0.2) is 0 Å². The summed E-state index contributed by atoms with van der Waals surface area (Å²) in [5, 5.41) is 7.99. The number of fused-ring (bicyclic) bond motifs is 1. The van der Waals surface area contributed by atoms with Crippen molar-refractivity contribution in [1.29, 1.82) is 0 Å². The number of nitrogens with two attached hydrogens (primary N) is 1. The Labute approximate surface area is 110 Å². The Morgan fingerprint density at radius 2 is 2.00 bits per heavy atom. The van der Waals surface area contributed by atoms with E-state index in [1.54, 1.807) is 4.57 Å². The standard InChI is InChI=1S/C12H19F3N4/c1-11(2,16)6-5-10-18-17-9-4-3-8(7-19(9)10)12(13,14)15/h8H,3-7,16H2,1-2H3. The molecule has 0 saturated carbocycles. The second-order valence-electron chi connectivity index (χ2n) is 5.91. The molecule has 0 aliphatic carbocycles. The van der Waals surface area contributed by atoms with Crippen molar-refractivity contribution >= 4 is 0 Å². The van der Waals surface area contributed by atoms with Gasteiger partial charge in [-0.3, -0.25) is 0 Å². The molecule has 0 bridgehead atoms. The molecule has 0 spiro atoms. The second-order valence-corrected chi connectivity index (χ2v) is 5.91. The molecule has 19 heavy (non-hydrogen) atoms. The molecule has 0 saturated heterocycles. The average Bonchev–Trinajstić information content (AvgIpc) is 2.66. The van der Waals surface area contributed by atoms with Crippen molar-refractivity contribution in [2.75, 3.05) is 0 Å². The van der Waals surface area contributed by atoms with E-state index in [1.807, 2.05) is 13.8 Å². The number of alkyl halides is 3. The molecule has 1 aromatic rings. The molecule has 1 unspecified atom stereocenters. The molecular formula is C12H19F3N4. The molecule has 0 radical (unpaired) electrons. The minimum atomic E-state index is -4.15. The quantitative estimate of drug-likeness (QED) is 0.919. The van der Waals surface area contributed by atoms with E-state index in [-0.39, 0.29) is 18.5 Å². The van der Waals surface area contributed by atoms with Crippen LogP contribution in [-0.2, 0) is 19.4 Å². The molecule has 1 aliphatic heterocycles. The van der Waals surface area contributed by atoms with Crippen LogP contribution in [0.4, 0.5) is 13.2 Å². The highest BCUT2D eigenvalue weighted by Crippen LogP contribution is 2.34. The predicted molar refractivity (Wildman–Crippen MR) is 64.5 cm³/mol. The smallest absolute Gasteiger partial charge is 0.326 e. The number of hydrogen-bond donors (Lipinski definition) is 1. The topological polar surface area (TPSA) is 56.7 Å². The minimum absolute atomic E-state index is 0.0633. The lowest BCUT2D eigenvalue weighted by Gasteiger charge is -2.26. The normalized spacial score (nSPS) is 20.4. The van der Waals surface area contributed by atoms with E-state index in [4.69, 9.17) is 5.73 Å². The molecule has 108 valence electrons. The molecule has 1 aromatic heterocycles. The Balaban J connectivity index is 2.12. The van der Waals surface area contributed by atoms with Gasteiger partial charge in [-0.1, -0.05) is 0 Å². The van der Waals surface area contributed by atoms with Crippen molar-refractivity contribution in [3.63, 3.8) is 0 Å². The van der Waals surface area contributed by atoms with E-state index in [1.165, 1.54) is 0 Å². The van der Waals surface area contributed by atoms with Gasteiger partial charge in [-0.2, -0.15) is 13.2 Å². The Bertz CT molecular complexity index is 445. The highest BCUT2D eigenvalue weighted by molar-refractivity contribution is 5.02. The van der Waals surface area contributed by atoms with Crippen molar-refractivity contribution in [3.8, 4) is 0 Å². The maximum Gasteiger partial charge on any atom is 0.393 e. The summed E-state index contributed by atoms with van der Waals surface area (Å²) in [7, 11) is 0. The first-order chi connectivity index (χ1) is 8.67. The average molecular weight is 276 g/mol. The molecule has 0 fully saturated rings. The van der Waals surface area contributed by atoms with E-state index in [0.29, 0.717) is 30.9 Å². The van der Waals surface area contributed by atoms with Gasteiger partial charge in [-0.15, -0.1) is 10.2 Å². The van der Waals surface area contributed by atoms with Gasteiger partial charge in [0.15, 0.2) is 0 Å². The predicted octanol–water partition coefficient (Wildman–Crippen LogP) is 2.07. The maximum absolute atomic E-state index is 12.8. The van der Waals surface area contributed by atoms with Crippen molar-refractivity contribution in [2.24, 2.45) is 11.7 Å². The van der Waals surface area contributed by atoms with Gasteiger partial charge < -0.3 is 10.3 Å². The van der Waals surface area contributed by atoms with Gasteiger partial charge in [0.2, 0.25) is 0 Å². The van der Waals surface area contributed by atoms with E-state index in [2.05, 4.69) is 10.2 Å². The van der Waals surface area contributed by atoms with E-state index < -0.39 is 12.1 Å². The second kappa shape index (κ2) is 4.77. The number of aromatic nitrogens is 3. The summed E-state index contributed by atoms with van der Waals surface area (Å²) in [6.45, 7) is 3.71. The summed E-state index contributed by atoms with van der Waals surface area (Å²) in [5.41, 5.74) is 5.53. The first-order valence-electron chi connectivity index (χ1n) is 6.43. The van der Waals surface area contributed by atoms with E-state index in [9.17, 15) is 13.2 Å². The minimum Gasteiger partial charge on any atom is -0.326 e. The Morgan fingerprint density at radius 1 is 1.32 bits per heavy atom. The van der Waals surface area contributed by atoms with Crippen LogP contribution >= 0.6 is 0 Å². The van der Waals surface area contributed by atoms with Gasteiger partial charge in [0, 0.05) is 24.9 Å². The Morgan fingerprint density at radius 3 is 2.58 bits per heavy atom. The van der Waals surface area contributed by atoms with Gasteiger partial charge in [0.1, 0.15) is 11.6 Å². The van der Waals surface area contributed by atoms with Crippen LogP contribution < -0.4 is 5.73 Å². The summed E-state index contributed by atoms with van der Waals surface area (Å²) in [5.74, 6) is -0.0200. The molecule has 0 amide bonds. The molecule has 4 nitrogen and oxygen atoms in total. The Kier molecular flexibility index (Phi) is 3.59. The SMILES string of the molecule is CC(C)(N)CCc1nnc2n1CC(C(F)(F)F)CC2. The van der Waals surface area contributed by atoms with Crippen LogP contribution in [0.1, 0.15) is 38.3 Å². The van der Waals surface area contributed by atoms with Crippen LogP contribution in [0, 0.1) is 5.92 Å². The van der Waals surface area contributed by atoms with Crippen LogP contribution in [-0.4, -0.2) is 26.5 Å². The first kappa shape index (κ1) is 14.3. The molecule has 0 aromatic carbocycles. The summed E-state index contributed by atoms with van der Waals surface area (Å²) in [6.07, 6.45) is -2.48. The lowest BCUT2D eigenvalue weighted by atomic mass is 9.97. The zero-order chi connectivity index (χ0) is 14.3.